The molecular weight excluding hydrogens is 438 g/mol. The average Bonchev–Trinajstić information content (AvgIpc) is 3.30. The molecule has 2 aliphatic carbocycles. The van der Waals surface area contributed by atoms with Crippen molar-refractivity contribution in [3.05, 3.63) is 46.3 Å². The lowest BCUT2D eigenvalue weighted by Gasteiger charge is -2.38. The molecule has 1 fully saturated rings. The van der Waals surface area contributed by atoms with Gasteiger partial charge < -0.3 is 24.6 Å². The zero-order valence-corrected chi connectivity index (χ0v) is 20.0. The Labute approximate surface area is 199 Å². The fourth-order valence-electron chi connectivity index (χ4n) is 5.39. The fraction of sp³-hybridized carbons (Fsp3) is 0.500. The molecule has 1 aliphatic heterocycles. The predicted octanol–water partition coefficient (Wildman–Crippen LogP) is 3.50. The van der Waals surface area contributed by atoms with Crippen LogP contribution in [0.3, 0.4) is 0 Å². The first-order valence-electron chi connectivity index (χ1n) is 11.7. The van der Waals surface area contributed by atoms with Crippen LogP contribution in [0.5, 0.6) is 11.5 Å². The molecule has 8 heteroatoms. The molecule has 8 nitrogen and oxygen atoms in total. The zero-order chi connectivity index (χ0) is 24.6. The van der Waals surface area contributed by atoms with E-state index in [0.717, 1.165) is 25.7 Å². The molecule has 0 saturated heterocycles. The number of aromatic hydroxyl groups is 1. The van der Waals surface area contributed by atoms with Crippen LogP contribution in [0.25, 0.3) is 0 Å². The second-order valence-electron chi connectivity index (χ2n) is 9.28. The minimum Gasteiger partial charge on any atom is -0.504 e. The van der Waals surface area contributed by atoms with Crippen LogP contribution in [0, 0.1) is 11.8 Å². The normalized spacial score (nSPS) is 25.1. The van der Waals surface area contributed by atoms with E-state index in [1.165, 1.54) is 20.3 Å². The molecular formula is C26H31NO7. The van der Waals surface area contributed by atoms with Crippen molar-refractivity contribution in [3.63, 3.8) is 0 Å². The maximum Gasteiger partial charge on any atom is 0.337 e. The number of nitrogens with one attached hydrogen (secondary N) is 1. The monoisotopic (exact) mass is 469 g/mol. The minimum atomic E-state index is -0.967. The first-order valence-corrected chi connectivity index (χ1v) is 11.7. The first kappa shape index (κ1) is 23.9. The van der Waals surface area contributed by atoms with Crippen molar-refractivity contribution in [2.24, 2.45) is 11.8 Å². The van der Waals surface area contributed by atoms with Gasteiger partial charge in [-0.3, -0.25) is 9.59 Å². The van der Waals surface area contributed by atoms with Gasteiger partial charge in [-0.1, -0.05) is 13.0 Å². The number of ketones is 1. The summed E-state index contributed by atoms with van der Waals surface area (Å²) in [5.41, 5.74) is 2.45. The molecule has 0 radical (unpaired) electrons. The Hall–Kier alpha value is -3.29. The number of hydrogen-bond acceptors (Lipinski definition) is 8. The van der Waals surface area contributed by atoms with E-state index in [2.05, 4.69) is 5.32 Å². The molecule has 3 aliphatic rings. The summed E-state index contributed by atoms with van der Waals surface area (Å²) in [4.78, 5) is 39.7. The van der Waals surface area contributed by atoms with Gasteiger partial charge in [0, 0.05) is 22.9 Å². The van der Waals surface area contributed by atoms with Crippen molar-refractivity contribution in [3.8, 4) is 11.5 Å². The molecule has 0 bridgehead atoms. The third-order valence-electron chi connectivity index (χ3n) is 7.08. The number of phenols is 1. The molecule has 1 heterocycles. The van der Waals surface area contributed by atoms with Crippen LogP contribution in [0.1, 0.15) is 57.4 Å². The maximum atomic E-state index is 13.7. The molecule has 182 valence electrons. The van der Waals surface area contributed by atoms with Crippen LogP contribution >= 0.6 is 0 Å². The number of dihydropyridines is 1. The van der Waals surface area contributed by atoms with Gasteiger partial charge in [-0.15, -0.1) is 0 Å². The molecule has 0 spiro atoms. The van der Waals surface area contributed by atoms with Gasteiger partial charge in [0.2, 0.25) is 0 Å². The van der Waals surface area contributed by atoms with Gasteiger partial charge in [-0.05, 0) is 62.6 Å². The highest BCUT2D eigenvalue weighted by Crippen LogP contribution is 2.47. The number of allylic oxidation sites excluding steroid dienone is 3. The van der Waals surface area contributed by atoms with Gasteiger partial charge in [0.15, 0.2) is 17.3 Å². The Morgan fingerprint density at radius 3 is 2.47 bits per heavy atom. The smallest absolute Gasteiger partial charge is 0.337 e. The maximum absolute atomic E-state index is 13.7. The lowest BCUT2D eigenvalue weighted by molar-refractivity contribution is -0.151. The number of rotatable bonds is 5. The Kier molecular flexibility index (Phi) is 6.68. The molecule has 0 unspecified atom stereocenters. The fourth-order valence-corrected chi connectivity index (χ4v) is 5.39. The summed E-state index contributed by atoms with van der Waals surface area (Å²) in [7, 11) is 2.71. The molecule has 1 saturated carbocycles. The Morgan fingerprint density at radius 2 is 1.85 bits per heavy atom. The van der Waals surface area contributed by atoms with E-state index in [1.54, 1.807) is 19.1 Å². The van der Waals surface area contributed by atoms with Crippen LogP contribution in [0.15, 0.2) is 40.7 Å². The van der Waals surface area contributed by atoms with E-state index < -0.39 is 23.8 Å². The SMILES string of the molecule is COC(=O)[C@@H]1C(=O)C2=C(C[C@H]1C)NC(C)=C(C(=O)OC1CCCC1)[C@H]2c1ccc(OC)c(O)c1. The quantitative estimate of drug-likeness (QED) is 0.498. The highest BCUT2D eigenvalue weighted by atomic mass is 16.5. The van der Waals surface area contributed by atoms with E-state index in [9.17, 15) is 19.5 Å². The Balaban J connectivity index is 1.83. The van der Waals surface area contributed by atoms with Crippen molar-refractivity contribution >= 4 is 17.7 Å². The molecule has 34 heavy (non-hydrogen) atoms. The second-order valence-corrected chi connectivity index (χ2v) is 9.28. The van der Waals surface area contributed by atoms with Crippen molar-refractivity contribution in [2.75, 3.05) is 14.2 Å². The largest absolute Gasteiger partial charge is 0.504 e. The number of Topliss-reactive ketones (excluding diaryl/α,β-unsaturated/α-hetero) is 1. The molecule has 0 aromatic heterocycles. The zero-order valence-electron chi connectivity index (χ0n) is 20.0. The van der Waals surface area contributed by atoms with Crippen molar-refractivity contribution in [2.45, 2.75) is 58.0 Å². The summed E-state index contributed by atoms with van der Waals surface area (Å²) in [6, 6.07) is 4.80. The van der Waals surface area contributed by atoms with Crippen LogP contribution in [0.2, 0.25) is 0 Å². The summed E-state index contributed by atoms with van der Waals surface area (Å²) >= 11 is 0. The second kappa shape index (κ2) is 9.52. The number of phenolic OH excluding ortho intramolecular Hbond substituents is 1. The predicted molar refractivity (Wildman–Crippen MR) is 123 cm³/mol. The molecule has 4 rings (SSSR count). The lowest BCUT2D eigenvalue weighted by Crippen LogP contribution is -2.43. The van der Waals surface area contributed by atoms with Gasteiger partial charge in [-0.25, -0.2) is 4.79 Å². The van der Waals surface area contributed by atoms with Crippen LogP contribution in [-0.4, -0.2) is 43.2 Å². The van der Waals surface area contributed by atoms with Gasteiger partial charge >= 0.3 is 11.9 Å². The Morgan fingerprint density at radius 1 is 1.15 bits per heavy atom. The number of benzene rings is 1. The number of esters is 2. The molecule has 3 atom stereocenters. The van der Waals surface area contributed by atoms with E-state index in [0.29, 0.717) is 34.5 Å². The van der Waals surface area contributed by atoms with Crippen molar-refractivity contribution in [1.29, 1.82) is 0 Å². The summed E-state index contributed by atoms with van der Waals surface area (Å²) in [6.07, 6.45) is 3.94. The van der Waals surface area contributed by atoms with Crippen LogP contribution < -0.4 is 10.1 Å². The van der Waals surface area contributed by atoms with Crippen LogP contribution in [0.4, 0.5) is 0 Å². The summed E-state index contributed by atoms with van der Waals surface area (Å²) in [6.45, 7) is 3.62. The Bertz CT molecular complexity index is 1080. The number of carbonyl (C=O) groups is 3. The molecule has 2 N–H and O–H groups in total. The van der Waals surface area contributed by atoms with Crippen molar-refractivity contribution < 1.29 is 33.7 Å². The topological polar surface area (TPSA) is 111 Å². The summed E-state index contributed by atoms with van der Waals surface area (Å²) < 4.78 is 15.9. The van der Waals surface area contributed by atoms with Gasteiger partial charge in [0.1, 0.15) is 12.0 Å². The first-order chi connectivity index (χ1) is 16.3. The highest BCUT2D eigenvalue weighted by Gasteiger charge is 2.47. The van der Waals surface area contributed by atoms with Crippen molar-refractivity contribution in [1.82, 2.24) is 5.32 Å². The standard InChI is InChI=1S/C26H31NO7/c1-13-11-17-23(24(29)20(13)25(30)33-4)22(15-9-10-19(32-3)18(28)12-15)21(14(2)27-17)26(31)34-16-7-5-6-8-16/h9-10,12-13,16,20,22,27-28H,5-8,11H2,1-4H3/t13-,20+,22-/m1/s1. The number of carbonyl (C=O) groups excluding carboxylic acids is 3. The summed E-state index contributed by atoms with van der Waals surface area (Å²) in [5, 5.41) is 13.7. The van der Waals surface area contributed by atoms with Gasteiger partial charge in [-0.2, -0.15) is 0 Å². The van der Waals surface area contributed by atoms with E-state index in [4.69, 9.17) is 14.2 Å². The third-order valence-corrected chi connectivity index (χ3v) is 7.08. The minimum absolute atomic E-state index is 0.108. The van der Waals surface area contributed by atoms with E-state index in [-0.39, 0.29) is 29.3 Å². The van der Waals surface area contributed by atoms with Gasteiger partial charge in [0.05, 0.1) is 19.8 Å². The third kappa shape index (κ3) is 4.17. The molecule has 1 aromatic rings. The highest BCUT2D eigenvalue weighted by molar-refractivity contribution is 6.12. The van der Waals surface area contributed by atoms with Gasteiger partial charge in [0.25, 0.3) is 0 Å². The lowest BCUT2D eigenvalue weighted by atomic mass is 9.69. The van der Waals surface area contributed by atoms with Crippen LogP contribution in [-0.2, 0) is 23.9 Å². The number of methoxy groups -OCH3 is 2. The number of ether oxygens (including phenoxy) is 3. The molecule has 1 aromatic carbocycles. The van der Waals surface area contributed by atoms with E-state index in [1.807, 2.05) is 6.92 Å². The average molecular weight is 470 g/mol. The number of hydrogen-bond donors (Lipinski definition) is 2. The summed E-state index contributed by atoms with van der Waals surface area (Å²) in [5.74, 6) is -3.34. The van der Waals surface area contributed by atoms with E-state index >= 15 is 0 Å². The molecule has 0 amide bonds.